The lowest BCUT2D eigenvalue weighted by atomic mass is 9.98. The maximum atomic E-state index is 12.5. The molecule has 0 atom stereocenters. The summed E-state index contributed by atoms with van der Waals surface area (Å²) in [5, 5.41) is 2.93. The fraction of sp³-hybridized carbons (Fsp3) is 0.250. The third-order valence-corrected chi connectivity index (χ3v) is 4.96. The van der Waals surface area contributed by atoms with Crippen LogP contribution >= 0.6 is 0 Å². The Kier molecular flexibility index (Phi) is 5.78. The zero-order valence-corrected chi connectivity index (χ0v) is 17.0. The van der Waals surface area contributed by atoms with Gasteiger partial charge in [0, 0.05) is 17.4 Å². The Hall–Kier alpha value is -3.14. The Labute approximate surface area is 166 Å². The molecule has 0 unspecified atom stereocenters. The van der Waals surface area contributed by atoms with Crippen molar-refractivity contribution in [2.45, 2.75) is 33.6 Å². The van der Waals surface area contributed by atoms with Crippen molar-refractivity contribution in [1.29, 1.82) is 0 Å². The summed E-state index contributed by atoms with van der Waals surface area (Å²) in [4.78, 5) is 17.1. The van der Waals surface area contributed by atoms with E-state index in [1.54, 1.807) is 19.4 Å². The molecule has 144 valence electrons. The minimum atomic E-state index is -0.176. The van der Waals surface area contributed by atoms with Crippen molar-refractivity contribution in [1.82, 2.24) is 4.98 Å². The van der Waals surface area contributed by atoms with Gasteiger partial charge in [-0.1, -0.05) is 26.0 Å². The molecule has 0 saturated carbocycles. The Bertz CT molecular complexity index is 992. The molecule has 0 aliphatic carbocycles. The highest BCUT2D eigenvalue weighted by Gasteiger charge is 2.12. The van der Waals surface area contributed by atoms with Gasteiger partial charge < -0.3 is 10.1 Å². The van der Waals surface area contributed by atoms with Crippen molar-refractivity contribution < 1.29 is 9.53 Å². The molecule has 1 aromatic heterocycles. The van der Waals surface area contributed by atoms with Crippen LogP contribution in [-0.2, 0) is 0 Å². The summed E-state index contributed by atoms with van der Waals surface area (Å²) in [6, 6.07) is 15.7. The summed E-state index contributed by atoms with van der Waals surface area (Å²) < 4.78 is 5.49. The fourth-order valence-corrected chi connectivity index (χ4v) is 2.99. The fourth-order valence-electron chi connectivity index (χ4n) is 2.99. The zero-order valence-electron chi connectivity index (χ0n) is 17.0. The third-order valence-electron chi connectivity index (χ3n) is 4.96. The number of rotatable bonds is 5. The molecule has 3 aromatic rings. The SMILES string of the molecule is COc1ccc(C(C)C)cc1-c1ccc(C(=O)Nc2ccc(C)c(C)c2)cn1. The first-order valence-corrected chi connectivity index (χ1v) is 9.42. The van der Waals surface area contributed by atoms with Crippen molar-refractivity contribution in [3.63, 3.8) is 0 Å². The Morgan fingerprint density at radius 2 is 1.79 bits per heavy atom. The number of carbonyl (C=O) groups excluding carboxylic acids is 1. The van der Waals surface area contributed by atoms with E-state index < -0.39 is 0 Å². The first kappa shape index (κ1) is 19.6. The monoisotopic (exact) mass is 374 g/mol. The van der Waals surface area contributed by atoms with Gasteiger partial charge in [0.25, 0.3) is 5.91 Å². The van der Waals surface area contributed by atoms with Crippen LogP contribution in [0.1, 0.15) is 46.8 Å². The lowest BCUT2D eigenvalue weighted by Crippen LogP contribution is -2.12. The second kappa shape index (κ2) is 8.26. The second-order valence-corrected chi connectivity index (χ2v) is 7.30. The molecule has 28 heavy (non-hydrogen) atoms. The van der Waals surface area contributed by atoms with Crippen LogP contribution in [0.25, 0.3) is 11.3 Å². The highest BCUT2D eigenvalue weighted by Crippen LogP contribution is 2.32. The Morgan fingerprint density at radius 1 is 1.00 bits per heavy atom. The molecule has 4 heteroatoms. The smallest absolute Gasteiger partial charge is 0.257 e. The van der Waals surface area contributed by atoms with Gasteiger partial charge in [-0.2, -0.15) is 0 Å². The summed E-state index contributed by atoms with van der Waals surface area (Å²) in [5.41, 5.74) is 6.56. The zero-order chi connectivity index (χ0) is 20.3. The number of amides is 1. The lowest BCUT2D eigenvalue weighted by molar-refractivity contribution is 0.102. The standard InChI is InChI=1S/C24H26N2O2/c1-15(2)18-8-11-23(28-5)21(13-18)22-10-7-19(14-25-22)24(27)26-20-9-6-16(3)17(4)12-20/h6-15H,1-5H3,(H,26,27). The minimum Gasteiger partial charge on any atom is -0.496 e. The molecule has 0 aliphatic heterocycles. The molecule has 1 N–H and O–H groups in total. The van der Waals surface area contributed by atoms with E-state index in [1.165, 1.54) is 11.1 Å². The van der Waals surface area contributed by atoms with Gasteiger partial charge in [-0.25, -0.2) is 0 Å². The summed E-state index contributed by atoms with van der Waals surface area (Å²) in [6.07, 6.45) is 1.60. The van der Waals surface area contributed by atoms with Crippen molar-refractivity contribution in [3.05, 3.63) is 77.0 Å². The van der Waals surface area contributed by atoms with Gasteiger partial charge in [0.1, 0.15) is 5.75 Å². The van der Waals surface area contributed by atoms with Gasteiger partial charge in [-0.05, 0) is 72.9 Å². The molecule has 0 radical (unpaired) electrons. The van der Waals surface area contributed by atoms with Crippen LogP contribution in [0, 0.1) is 13.8 Å². The van der Waals surface area contributed by atoms with E-state index >= 15 is 0 Å². The van der Waals surface area contributed by atoms with Gasteiger partial charge in [-0.15, -0.1) is 0 Å². The molecule has 0 spiro atoms. The van der Waals surface area contributed by atoms with Gasteiger partial charge in [0.05, 0.1) is 18.4 Å². The third kappa shape index (κ3) is 4.22. The van der Waals surface area contributed by atoms with Crippen molar-refractivity contribution in [2.24, 2.45) is 0 Å². The van der Waals surface area contributed by atoms with Crippen LogP contribution in [-0.4, -0.2) is 18.0 Å². The normalized spacial score (nSPS) is 10.8. The van der Waals surface area contributed by atoms with Crippen LogP contribution in [0.2, 0.25) is 0 Å². The van der Waals surface area contributed by atoms with Gasteiger partial charge in [0.15, 0.2) is 0 Å². The molecule has 0 fully saturated rings. The largest absolute Gasteiger partial charge is 0.496 e. The van der Waals surface area contributed by atoms with Crippen molar-refractivity contribution in [2.75, 3.05) is 12.4 Å². The maximum absolute atomic E-state index is 12.5. The maximum Gasteiger partial charge on any atom is 0.257 e. The number of ether oxygens (including phenoxy) is 1. The highest BCUT2D eigenvalue weighted by molar-refractivity contribution is 6.04. The minimum absolute atomic E-state index is 0.176. The molecule has 2 aromatic carbocycles. The first-order chi connectivity index (χ1) is 13.4. The van der Waals surface area contributed by atoms with Crippen LogP contribution < -0.4 is 10.1 Å². The Morgan fingerprint density at radius 3 is 2.39 bits per heavy atom. The average molecular weight is 374 g/mol. The molecule has 0 saturated heterocycles. The number of pyridine rings is 1. The molecular weight excluding hydrogens is 348 g/mol. The number of nitrogens with one attached hydrogen (secondary N) is 1. The number of aromatic nitrogens is 1. The predicted molar refractivity (Wildman–Crippen MR) is 114 cm³/mol. The predicted octanol–water partition coefficient (Wildman–Crippen LogP) is 5.75. The summed E-state index contributed by atoms with van der Waals surface area (Å²) >= 11 is 0. The van der Waals surface area contributed by atoms with E-state index in [9.17, 15) is 4.79 Å². The van der Waals surface area contributed by atoms with Crippen LogP contribution in [0.5, 0.6) is 5.75 Å². The van der Waals surface area contributed by atoms with E-state index in [-0.39, 0.29) is 5.91 Å². The summed E-state index contributed by atoms with van der Waals surface area (Å²) in [5.74, 6) is 1.00. The quantitative estimate of drug-likeness (QED) is 0.619. The van der Waals surface area contributed by atoms with Gasteiger partial charge in [0.2, 0.25) is 0 Å². The van der Waals surface area contributed by atoms with Crippen LogP contribution in [0.4, 0.5) is 5.69 Å². The molecule has 1 amide bonds. The molecule has 0 bridgehead atoms. The second-order valence-electron chi connectivity index (χ2n) is 7.30. The molecule has 3 rings (SSSR count). The highest BCUT2D eigenvalue weighted by atomic mass is 16.5. The number of anilines is 1. The van der Waals surface area contributed by atoms with Crippen molar-refractivity contribution in [3.8, 4) is 17.0 Å². The summed E-state index contributed by atoms with van der Waals surface area (Å²) in [6.45, 7) is 8.38. The van der Waals surface area contributed by atoms with Crippen LogP contribution in [0.3, 0.4) is 0 Å². The Balaban J connectivity index is 1.84. The van der Waals surface area contributed by atoms with E-state index in [4.69, 9.17) is 4.74 Å². The van der Waals surface area contributed by atoms with E-state index in [0.717, 1.165) is 28.3 Å². The average Bonchev–Trinajstić information content (AvgIpc) is 2.70. The van der Waals surface area contributed by atoms with Crippen molar-refractivity contribution >= 4 is 11.6 Å². The number of nitrogens with zero attached hydrogens (tertiary/aromatic N) is 1. The number of hydrogen-bond donors (Lipinski definition) is 1. The van der Waals surface area contributed by atoms with Gasteiger partial charge in [-0.3, -0.25) is 9.78 Å². The van der Waals surface area contributed by atoms with Gasteiger partial charge >= 0.3 is 0 Å². The van der Waals surface area contributed by atoms with E-state index in [2.05, 4.69) is 36.3 Å². The number of aryl methyl sites for hydroxylation is 2. The van der Waals surface area contributed by atoms with Crippen LogP contribution in [0.15, 0.2) is 54.7 Å². The number of methoxy groups -OCH3 is 1. The molecule has 0 aliphatic rings. The molecule has 4 nitrogen and oxygen atoms in total. The molecular formula is C24H26N2O2. The topological polar surface area (TPSA) is 51.2 Å². The first-order valence-electron chi connectivity index (χ1n) is 9.42. The number of hydrogen-bond acceptors (Lipinski definition) is 3. The number of carbonyl (C=O) groups is 1. The number of benzene rings is 2. The van der Waals surface area contributed by atoms with E-state index in [1.807, 2.05) is 44.2 Å². The summed E-state index contributed by atoms with van der Waals surface area (Å²) in [7, 11) is 1.65. The molecule has 1 heterocycles. The van der Waals surface area contributed by atoms with E-state index in [0.29, 0.717) is 11.5 Å². The lowest BCUT2D eigenvalue weighted by Gasteiger charge is -2.13.